The van der Waals surface area contributed by atoms with E-state index in [-0.39, 0.29) is 5.82 Å². The molecule has 0 aliphatic heterocycles. The third-order valence-corrected chi connectivity index (χ3v) is 3.77. The van der Waals surface area contributed by atoms with E-state index in [2.05, 4.69) is 15.3 Å². The average Bonchev–Trinajstić information content (AvgIpc) is 2.49. The second kappa shape index (κ2) is 5.99. The van der Waals surface area contributed by atoms with E-state index < -0.39 is 0 Å². The van der Waals surface area contributed by atoms with Crippen molar-refractivity contribution in [2.24, 2.45) is 0 Å². The fourth-order valence-electron chi connectivity index (χ4n) is 2.69. The smallest absolute Gasteiger partial charge is 0.132 e. The van der Waals surface area contributed by atoms with Gasteiger partial charge in [-0.2, -0.15) is 0 Å². The van der Waals surface area contributed by atoms with E-state index in [1.807, 2.05) is 12.1 Å². The van der Waals surface area contributed by atoms with Gasteiger partial charge in [-0.05, 0) is 43.7 Å². The minimum absolute atomic E-state index is 0.140. The first kappa shape index (κ1) is 13.0. The van der Waals surface area contributed by atoms with Gasteiger partial charge in [-0.3, -0.25) is 0 Å². The number of rotatable bonds is 4. The standard InChI is InChI=1S/C16H18FN3/c17-14-7-3-1-5-12(14)9-10-18-16-13-6-2-4-8-15(13)19-11-20-16/h1,3,5,7,11H,2,4,6,8-10H2,(H,18,19,20). The minimum atomic E-state index is -0.140. The predicted octanol–water partition coefficient (Wildman–Crippen LogP) is 3.15. The van der Waals surface area contributed by atoms with E-state index in [1.54, 1.807) is 12.4 Å². The lowest BCUT2D eigenvalue weighted by Crippen LogP contribution is -2.14. The molecule has 0 spiro atoms. The normalized spacial score (nSPS) is 13.8. The summed E-state index contributed by atoms with van der Waals surface area (Å²) < 4.78 is 13.5. The zero-order valence-electron chi connectivity index (χ0n) is 11.4. The molecule has 0 atom stereocenters. The third-order valence-electron chi connectivity index (χ3n) is 3.77. The highest BCUT2D eigenvalue weighted by atomic mass is 19.1. The first-order valence-electron chi connectivity index (χ1n) is 7.14. The van der Waals surface area contributed by atoms with Crippen LogP contribution >= 0.6 is 0 Å². The van der Waals surface area contributed by atoms with Crippen molar-refractivity contribution in [1.29, 1.82) is 0 Å². The molecule has 1 N–H and O–H groups in total. The number of hydrogen-bond acceptors (Lipinski definition) is 3. The molecule has 1 aromatic carbocycles. The molecule has 104 valence electrons. The Morgan fingerprint density at radius 3 is 2.85 bits per heavy atom. The summed E-state index contributed by atoms with van der Waals surface area (Å²) in [5, 5.41) is 3.33. The van der Waals surface area contributed by atoms with E-state index in [0.717, 1.165) is 24.2 Å². The molecular formula is C16H18FN3. The van der Waals surface area contributed by atoms with Crippen LogP contribution in [0.3, 0.4) is 0 Å². The first-order valence-corrected chi connectivity index (χ1v) is 7.14. The van der Waals surface area contributed by atoms with Gasteiger partial charge in [0.15, 0.2) is 0 Å². The molecule has 1 aliphatic rings. The van der Waals surface area contributed by atoms with E-state index in [1.165, 1.54) is 30.2 Å². The summed E-state index contributed by atoms with van der Waals surface area (Å²) in [4.78, 5) is 8.68. The van der Waals surface area contributed by atoms with Crippen LogP contribution in [-0.4, -0.2) is 16.5 Å². The molecule has 1 heterocycles. The molecule has 0 bridgehead atoms. The average molecular weight is 271 g/mol. The summed E-state index contributed by atoms with van der Waals surface area (Å²) in [6, 6.07) is 6.91. The molecule has 1 aromatic heterocycles. The second-order valence-corrected chi connectivity index (χ2v) is 5.12. The van der Waals surface area contributed by atoms with Crippen molar-refractivity contribution < 1.29 is 4.39 Å². The van der Waals surface area contributed by atoms with Gasteiger partial charge >= 0.3 is 0 Å². The van der Waals surface area contributed by atoms with Gasteiger partial charge in [0.2, 0.25) is 0 Å². The summed E-state index contributed by atoms with van der Waals surface area (Å²) in [7, 11) is 0. The Bertz CT molecular complexity index is 598. The number of nitrogens with zero attached hydrogens (tertiary/aromatic N) is 2. The number of fused-ring (bicyclic) bond motifs is 1. The van der Waals surface area contributed by atoms with E-state index in [0.29, 0.717) is 13.0 Å². The van der Waals surface area contributed by atoms with Crippen molar-refractivity contribution in [3.05, 3.63) is 53.2 Å². The van der Waals surface area contributed by atoms with E-state index in [9.17, 15) is 4.39 Å². The molecule has 0 fully saturated rings. The van der Waals surface area contributed by atoms with Crippen molar-refractivity contribution in [3.8, 4) is 0 Å². The van der Waals surface area contributed by atoms with Crippen LogP contribution in [0.5, 0.6) is 0 Å². The van der Waals surface area contributed by atoms with Crippen molar-refractivity contribution in [2.45, 2.75) is 32.1 Å². The van der Waals surface area contributed by atoms with E-state index in [4.69, 9.17) is 0 Å². The molecular weight excluding hydrogens is 253 g/mol. The maximum Gasteiger partial charge on any atom is 0.132 e. The Morgan fingerprint density at radius 2 is 1.95 bits per heavy atom. The molecule has 3 nitrogen and oxygen atoms in total. The monoisotopic (exact) mass is 271 g/mol. The lowest BCUT2D eigenvalue weighted by atomic mass is 9.96. The van der Waals surface area contributed by atoms with E-state index >= 15 is 0 Å². The van der Waals surface area contributed by atoms with Gasteiger partial charge in [0, 0.05) is 17.8 Å². The molecule has 2 aromatic rings. The molecule has 20 heavy (non-hydrogen) atoms. The zero-order valence-corrected chi connectivity index (χ0v) is 11.4. The fourth-order valence-corrected chi connectivity index (χ4v) is 2.69. The quantitative estimate of drug-likeness (QED) is 0.928. The summed E-state index contributed by atoms with van der Waals surface area (Å²) in [6.07, 6.45) is 6.76. The van der Waals surface area contributed by atoms with Crippen molar-refractivity contribution in [1.82, 2.24) is 9.97 Å². The maximum absolute atomic E-state index is 13.5. The van der Waals surface area contributed by atoms with Gasteiger partial charge in [0.1, 0.15) is 18.0 Å². The summed E-state index contributed by atoms with van der Waals surface area (Å²) in [6.45, 7) is 0.685. The SMILES string of the molecule is Fc1ccccc1CCNc1ncnc2c1CCCC2. The molecule has 3 rings (SSSR count). The van der Waals surface area contributed by atoms with Gasteiger partial charge in [-0.25, -0.2) is 14.4 Å². The van der Waals surface area contributed by atoms with Gasteiger partial charge in [0.05, 0.1) is 0 Å². The van der Waals surface area contributed by atoms with Gasteiger partial charge < -0.3 is 5.32 Å². The Balaban J connectivity index is 1.66. The second-order valence-electron chi connectivity index (χ2n) is 5.12. The maximum atomic E-state index is 13.5. The van der Waals surface area contributed by atoms with Crippen LogP contribution in [0.25, 0.3) is 0 Å². The number of aryl methyl sites for hydroxylation is 1. The molecule has 1 aliphatic carbocycles. The summed E-state index contributed by atoms with van der Waals surface area (Å²) >= 11 is 0. The van der Waals surface area contributed by atoms with Gasteiger partial charge in [-0.15, -0.1) is 0 Å². The van der Waals surface area contributed by atoms with Crippen LogP contribution in [-0.2, 0) is 19.3 Å². The summed E-state index contributed by atoms with van der Waals surface area (Å²) in [5.74, 6) is 0.782. The van der Waals surface area contributed by atoms with Crippen molar-refractivity contribution >= 4 is 5.82 Å². The Kier molecular flexibility index (Phi) is 3.90. The van der Waals surface area contributed by atoms with Crippen molar-refractivity contribution in [3.63, 3.8) is 0 Å². The molecule has 0 saturated carbocycles. The largest absolute Gasteiger partial charge is 0.369 e. The van der Waals surface area contributed by atoms with Crippen LogP contribution in [0, 0.1) is 5.82 Å². The number of halogens is 1. The molecule has 0 amide bonds. The Labute approximate surface area is 118 Å². The molecule has 0 saturated heterocycles. The first-order chi connectivity index (χ1) is 9.84. The lowest BCUT2D eigenvalue weighted by molar-refractivity contribution is 0.610. The highest BCUT2D eigenvalue weighted by molar-refractivity contribution is 5.47. The van der Waals surface area contributed by atoms with Gasteiger partial charge in [-0.1, -0.05) is 18.2 Å². The Morgan fingerprint density at radius 1 is 1.10 bits per heavy atom. The number of benzene rings is 1. The lowest BCUT2D eigenvalue weighted by Gasteiger charge is -2.18. The van der Waals surface area contributed by atoms with Crippen molar-refractivity contribution in [2.75, 3.05) is 11.9 Å². The topological polar surface area (TPSA) is 37.8 Å². The third kappa shape index (κ3) is 2.79. The Hall–Kier alpha value is -1.97. The highest BCUT2D eigenvalue weighted by Crippen LogP contribution is 2.24. The molecule has 0 unspecified atom stereocenters. The number of anilines is 1. The highest BCUT2D eigenvalue weighted by Gasteiger charge is 2.15. The number of nitrogens with one attached hydrogen (secondary N) is 1. The van der Waals surface area contributed by atoms with Crippen LogP contribution in [0.2, 0.25) is 0 Å². The molecule has 0 radical (unpaired) electrons. The number of aromatic nitrogens is 2. The predicted molar refractivity (Wildman–Crippen MR) is 77.3 cm³/mol. The van der Waals surface area contributed by atoms with Crippen LogP contribution < -0.4 is 5.32 Å². The van der Waals surface area contributed by atoms with Gasteiger partial charge in [0.25, 0.3) is 0 Å². The zero-order chi connectivity index (χ0) is 13.8. The summed E-state index contributed by atoms with van der Waals surface area (Å²) in [5.41, 5.74) is 3.15. The fraction of sp³-hybridized carbons (Fsp3) is 0.375. The number of hydrogen-bond donors (Lipinski definition) is 1. The van der Waals surface area contributed by atoms with Crippen LogP contribution in [0.4, 0.5) is 10.2 Å². The van der Waals surface area contributed by atoms with Crippen LogP contribution in [0.1, 0.15) is 29.7 Å². The molecule has 4 heteroatoms. The van der Waals surface area contributed by atoms with Crippen LogP contribution in [0.15, 0.2) is 30.6 Å². The minimum Gasteiger partial charge on any atom is -0.369 e.